The normalized spacial score (nSPS) is 8.91. The first-order chi connectivity index (χ1) is 5.29. The molecule has 0 fully saturated rings. The molecule has 0 aliphatic carbocycles. The summed E-state index contributed by atoms with van der Waals surface area (Å²) in [5.41, 5.74) is 2.40. The highest BCUT2D eigenvalue weighted by molar-refractivity contribution is 5.08. The Balaban J connectivity index is 3.21. The van der Waals surface area contributed by atoms with Crippen LogP contribution >= 0.6 is 0 Å². The molecule has 0 aromatic carbocycles. The predicted molar refractivity (Wildman–Crippen MR) is 47.9 cm³/mol. The average molecular weight is 147 g/mol. The van der Waals surface area contributed by atoms with E-state index in [4.69, 9.17) is 0 Å². The zero-order valence-electron chi connectivity index (χ0n) is 6.96. The minimum Gasteiger partial charge on any atom is -0.365 e. The Hall–Kier alpha value is -1.24. The molecule has 0 radical (unpaired) electrons. The van der Waals surface area contributed by atoms with Gasteiger partial charge in [0.15, 0.2) is 0 Å². The molecule has 0 aliphatic heterocycles. The number of nitrogens with one attached hydrogen (secondary N) is 1. The standard InChI is InChI=1S/C10H13N/c1-9-5-3-4-6-10(2)11-8-7-9/h3-8,11H,1-2H3. The molecule has 1 nitrogen and oxygen atoms in total. The van der Waals surface area contributed by atoms with Gasteiger partial charge in [-0.25, -0.2) is 0 Å². The molecule has 0 bridgehead atoms. The predicted octanol–water partition coefficient (Wildman–Crippen LogP) is 2.76. The summed E-state index contributed by atoms with van der Waals surface area (Å²) in [5.74, 6) is 0. The second kappa shape index (κ2) is 3.81. The molecule has 11 heavy (non-hydrogen) atoms. The lowest BCUT2D eigenvalue weighted by atomic mass is 10.3. The molecule has 58 valence electrons. The molecule has 1 heteroatoms. The summed E-state index contributed by atoms with van der Waals surface area (Å²) in [4.78, 5) is 3.14. The van der Waals surface area contributed by atoms with Gasteiger partial charge in [0.2, 0.25) is 0 Å². The number of hydrogen-bond acceptors (Lipinski definition) is 0. The van der Waals surface area contributed by atoms with Gasteiger partial charge >= 0.3 is 0 Å². The van der Waals surface area contributed by atoms with Crippen LogP contribution in [-0.2, 0) is 0 Å². The Kier molecular flexibility index (Phi) is 2.73. The van der Waals surface area contributed by atoms with Gasteiger partial charge in [-0.15, -0.1) is 0 Å². The monoisotopic (exact) mass is 147 g/mol. The minimum atomic E-state index is 1.15. The van der Waals surface area contributed by atoms with E-state index in [0.717, 1.165) is 5.69 Å². The Bertz CT molecular complexity index is 245. The van der Waals surface area contributed by atoms with E-state index in [1.54, 1.807) is 0 Å². The highest BCUT2D eigenvalue weighted by Crippen LogP contribution is 1.91. The second-order valence-corrected chi connectivity index (χ2v) is 2.62. The van der Waals surface area contributed by atoms with E-state index in [1.807, 2.05) is 37.4 Å². The third-order valence-electron chi connectivity index (χ3n) is 1.47. The number of aromatic amines is 1. The Morgan fingerprint density at radius 3 is 2.55 bits per heavy atom. The quantitative estimate of drug-likeness (QED) is 0.580. The molecular formula is C10H13N. The van der Waals surface area contributed by atoms with Crippen molar-refractivity contribution in [3.05, 3.63) is 47.8 Å². The van der Waals surface area contributed by atoms with Gasteiger partial charge in [0.25, 0.3) is 0 Å². The van der Waals surface area contributed by atoms with Crippen molar-refractivity contribution in [1.29, 1.82) is 0 Å². The molecule has 1 heterocycles. The zero-order valence-corrected chi connectivity index (χ0v) is 6.96. The van der Waals surface area contributed by atoms with Gasteiger partial charge in [-0.3, -0.25) is 0 Å². The summed E-state index contributed by atoms with van der Waals surface area (Å²) in [7, 11) is 0. The maximum atomic E-state index is 3.14. The van der Waals surface area contributed by atoms with Crippen molar-refractivity contribution in [2.75, 3.05) is 0 Å². The van der Waals surface area contributed by atoms with Gasteiger partial charge in [-0.2, -0.15) is 0 Å². The summed E-state index contributed by atoms with van der Waals surface area (Å²) in [6.07, 6.45) is 1.95. The molecule has 0 spiro atoms. The lowest BCUT2D eigenvalue weighted by Gasteiger charge is -1.81. The van der Waals surface area contributed by atoms with E-state index in [2.05, 4.69) is 18.0 Å². The average Bonchev–Trinajstić information content (AvgIpc) is 2.04. The molecule has 0 saturated carbocycles. The van der Waals surface area contributed by atoms with Crippen molar-refractivity contribution < 1.29 is 0 Å². The van der Waals surface area contributed by atoms with Crippen LogP contribution in [0.1, 0.15) is 11.3 Å². The molecule has 0 aliphatic rings. The lowest BCUT2D eigenvalue weighted by Crippen LogP contribution is -1.69. The van der Waals surface area contributed by atoms with Gasteiger partial charge in [0.05, 0.1) is 0 Å². The number of hydrogen-bond donors (Lipinski definition) is 1. The Morgan fingerprint density at radius 1 is 1.00 bits per heavy atom. The third kappa shape index (κ3) is 2.89. The molecule has 0 atom stereocenters. The fourth-order valence-corrected chi connectivity index (χ4v) is 0.815. The number of aryl methyl sites for hydroxylation is 2. The molecule has 1 N–H and O–H groups in total. The highest BCUT2D eigenvalue weighted by Gasteiger charge is 1.74. The van der Waals surface area contributed by atoms with E-state index in [-0.39, 0.29) is 0 Å². The third-order valence-corrected chi connectivity index (χ3v) is 1.47. The first-order valence-corrected chi connectivity index (χ1v) is 3.74. The lowest BCUT2D eigenvalue weighted by molar-refractivity contribution is 1.22. The second-order valence-electron chi connectivity index (χ2n) is 2.62. The molecule has 0 unspecified atom stereocenters. The summed E-state index contributed by atoms with van der Waals surface area (Å²) in [6.45, 7) is 4.11. The van der Waals surface area contributed by atoms with Crippen LogP contribution in [-0.4, -0.2) is 4.98 Å². The Labute approximate surface area is 67.4 Å². The summed E-state index contributed by atoms with van der Waals surface area (Å²) >= 11 is 0. The largest absolute Gasteiger partial charge is 0.365 e. The Morgan fingerprint density at radius 2 is 1.73 bits per heavy atom. The molecule has 0 saturated heterocycles. The zero-order chi connectivity index (χ0) is 8.10. The number of H-pyrrole nitrogens is 1. The van der Waals surface area contributed by atoms with Gasteiger partial charge < -0.3 is 4.98 Å². The van der Waals surface area contributed by atoms with Gasteiger partial charge in [0, 0.05) is 11.9 Å². The van der Waals surface area contributed by atoms with Crippen molar-refractivity contribution in [3.63, 3.8) is 0 Å². The fourth-order valence-electron chi connectivity index (χ4n) is 0.815. The first-order valence-electron chi connectivity index (χ1n) is 3.74. The van der Waals surface area contributed by atoms with E-state index in [1.165, 1.54) is 5.56 Å². The van der Waals surface area contributed by atoms with E-state index >= 15 is 0 Å². The van der Waals surface area contributed by atoms with Crippen LogP contribution in [0.3, 0.4) is 0 Å². The molecule has 1 rings (SSSR count). The number of aromatic nitrogens is 1. The molecule has 0 amide bonds. The van der Waals surface area contributed by atoms with Crippen molar-refractivity contribution in [2.24, 2.45) is 0 Å². The van der Waals surface area contributed by atoms with Gasteiger partial charge in [0.1, 0.15) is 0 Å². The van der Waals surface area contributed by atoms with Crippen LogP contribution < -0.4 is 0 Å². The summed E-state index contributed by atoms with van der Waals surface area (Å²) in [6, 6.07) is 10.2. The van der Waals surface area contributed by atoms with E-state index in [0.29, 0.717) is 0 Å². The van der Waals surface area contributed by atoms with Crippen molar-refractivity contribution in [2.45, 2.75) is 13.8 Å². The van der Waals surface area contributed by atoms with Gasteiger partial charge in [-0.05, 0) is 31.5 Å². The molecule has 1 aromatic rings. The van der Waals surface area contributed by atoms with Crippen LogP contribution in [0.5, 0.6) is 0 Å². The minimum absolute atomic E-state index is 1.15. The van der Waals surface area contributed by atoms with Crippen LogP contribution in [0, 0.1) is 13.8 Å². The SMILES string of the molecule is Cc1ccccc(C)[nH]cc1. The van der Waals surface area contributed by atoms with Crippen molar-refractivity contribution >= 4 is 0 Å². The smallest absolute Gasteiger partial charge is 0.0115 e. The van der Waals surface area contributed by atoms with E-state index < -0.39 is 0 Å². The maximum Gasteiger partial charge on any atom is 0.0115 e. The van der Waals surface area contributed by atoms with E-state index in [9.17, 15) is 0 Å². The van der Waals surface area contributed by atoms with Crippen molar-refractivity contribution in [1.82, 2.24) is 4.98 Å². The number of rotatable bonds is 0. The van der Waals surface area contributed by atoms with Crippen LogP contribution in [0.15, 0.2) is 36.5 Å². The molecule has 1 aromatic heterocycles. The topological polar surface area (TPSA) is 15.8 Å². The van der Waals surface area contributed by atoms with Crippen LogP contribution in [0.4, 0.5) is 0 Å². The van der Waals surface area contributed by atoms with Crippen molar-refractivity contribution in [3.8, 4) is 0 Å². The van der Waals surface area contributed by atoms with Gasteiger partial charge in [-0.1, -0.05) is 18.2 Å². The maximum absolute atomic E-state index is 3.14. The summed E-state index contributed by atoms with van der Waals surface area (Å²) < 4.78 is 0. The van der Waals surface area contributed by atoms with Crippen LogP contribution in [0.25, 0.3) is 0 Å². The first kappa shape index (κ1) is 7.86. The highest BCUT2D eigenvalue weighted by atomic mass is 14.6. The summed E-state index contributed by atoms with van der Waals surface area (Å²) in [5, 5.41) is 0. The molecular weight excluding hydrogens is 134 g/mol. The van der Waals surface area contributed by atoms with Crippen LogP contribution in [0.2, 0.25) is 0 Å². The fraction of sp³-hybridized carbons (Fsp3) is 0.200.